The number of benzene rings is 1. The lowest BCUT2D eigenvalue weighted by molar-refractivity contribution is -0.121. The Balaban J connectivity index is 2.60. The van der Waals surface area contributed by atoms with Gasteiger partial charge in [0.2, 0.25) is 5.91 Å². The molecule has 1 amide bonds. The average molecular weight is 250 g/mol. The summed E-state index contributed by atoms with van der Waals surface area (Å²) in [6, 6.07) is 5.86. The topological polar surface area (TPSA) is 64.3 Å². The largest absolute Gasteiger partial charge is 0.493 e. The van der Waals surface area contributed by atoms with Crippen LogP contribution in [0.2, 0.25) is 0 Å². The predicted molar refractivity (Wildman–Crippen MR) is 72.6 cm³/mol. The van der Waals surface area contributed by atoms with Crippen LogP contribution in [0.3, 0.4) is 0 Å². The van der Waals surface area contributed by atoms with Gasteiger partial charge in [-0.05, 0) is 32.4 Å². The van der Waals surface area contributed by atoms with Crippen LogP contribution in [-0.4, -0.2) is 19.1 Å². The second kappa shape index (κ2) is 7.01. The zero-order valence-corrected chi connectivity index (χ0v) is 11.3. The number of nitrogens with one attached hydrogen (secondary N) is 1. The summed E-state index contributed by atoms with van der Waals surface area (Å²) in [7, 11) is 0. The maximum Gasteiger partial charge on any atom is 0.223 e. The molecule has 4 heteroatoms. The number of nitrogens with two attached hydrogens (primary N) is 1. The van der Waals surface area contributed by atoms with Crippen molar-refractivity contribution in [2.45, 2.75) is 33.2 Å². The summed E-state index contributed by atoms with van der Waals surface area (Å²) in [6.07, 6.45) is 0.361. The Morgan fingerprint density at radius 3 is 2.83 bits per heavy atom. The Kier molecular flexibility index (Phi) is 5.65. The van der Waals surface area contributed by atoms with Crippen molar-refractivity contribution in [2.75, 3.05) is 13.2 Å². The lowest BCUT2D eigenvalue weighted by Crippen LogP contribution is -2.24. The van der Waals surface area contributed by atoms with Crippen LogP contribution in [0.1, 0.15) is 37.4 Å². The van der Waals surface area contributed by atoms with Crippen LogP contribution in [-0.2, 0) is 4.79 Å². The highest BCUT2D eigenvalue weighted by Gasteiger charge is 2.09. The van der Waals surface area contributed by atoms with Gasteiger partial charge in [-0.1, -0.05) is 12.1 Å². The maximum atomic E-state index is 11.3. The summed E-state index contributed by atoms with van der Waals surface area (Å²) in [5, 5.41) is 2.74. The van der Waals surface area contributed by atoms with Crippen LogP contribution in [0.4, 0.5) is 0 Å². The molecule has 0 unspecified atom stereocenters. The number of carbonyl (C=O) groups excluding carboxylic acids is 1. The van der Waals surface area contributed by atoms with Gasteiger partial charge in [0.15, 0.2) is 0 Å². The molecule has 0 aliphatic heterocycles. The third-order valence-corrected chi connectivity index (χ3v) is 2.62. The van der Waals surface area contributed by atoms with Crippen LogP contribution in [0.5, 0.6) is 5.75 Å². The average Bonchev–Trinajstić information content (AvgIpc) is 2.29. The number of aryl methyl sites for hydroxylation is 1. The van der Waals surface area contributed by atoms with Gasteiger partial charge in [0.05, 0.1) is 13.0 Å². The van der Waals surface area contributed by atoms with Crippen LogP contribution >= 0.6 is 0 Å². The van der Waals surface area contributed by atoms with Crippen molar-refractivity contribution in [3.05, 3.63) is 29.3 Å². The Hall–Kier alpha value is -1.55. The maximum absolute atomic E-state index is 11.3. The van der Waals surface area contributed by atoms with Crippen LogP contribution < -0.4 is 15.8 Å². The van der Waals surface area contributed by atoms with Crippen molar-refractivity contribution in [1.29, 1.82) is 0 Å². The summed E-state index contributed by atoms with van der Waals surface area (Å²) in [5.41, 5.74) is 7.97. The van der Waals surface area contributed by atoms with E-state index in [-0.39, 0.29) is 11.9 Å². The molecule has 1 aromatic rings. The van der Waals surface area contributed by atoms with Crippen molar-refractivity contribution in [3.8, 4) is 5.75 Å². The first-order valence-electron chi connectivity index (χ1n) is 6.30. The number of hydrogen-bond acceptors (Lipinski definition) is 3. The predicted octanol–water partition coefficient (Wildman–Crippen LogP) is 1.92. The monoisotopic (exact) mass is 250 g/mol. The number of carbonyl (C=O) groups is 1. The summed E-state index contributed by atoms with van der Waals surface area (Å²) in [5.74, 6) is 0.779. The van der Waals surface area contributed by atoms with Gasteiger partial charge >= 0.3 is 0 Å². The number of rotatable bonds is 6. The minimum Gasteiger partial charge on any atom is -0.493 e. The minimum absolute atomic E-state index is 0.00694. The first kappa shape index (κ1) is 14.5. The molecule has 1 aromatic carbocycles. The number of hydrogen-bond donors (Lipinski definition) is 2. The van der Waals surface area contributed by atoms with E-state index in [0.29, 0.717) is 19.6 Å². The molecule has 1 rings (SSSR count). The molecule has 0 bridgehead atoms. The molecule has 3 N–H and O–H groups in total. The fourth-order valence-electron chi connectivity index (χ4n) is 1.68. The van der Waals surface area contributed by atoms with Crippen molar-refractivity contribution in [2.24, 2.45) is 5.73 Å². The van der Waals surface area contributed by atoms with Gasteiger partial charge in [-0.25, -0.2) is 0 Å². The van der Waals surface area contributed by atoms with Gasteiger partial charge in [0, 0.05) is 18.2 Å². The zero-order valence-electron chi connectivity index (χ0n) is 11.3. The Morgan fingerprint density at radius 1 is 1.50 bits per heavy atom. The third-order valence-electron chi connectivity index (χ3n) is 2.62. The van der Waals surface area contributed by atoms with E-state index < -0.39 is 0 Å². The molecule has 0 fully saturated rings. The highest BCUT2D eigenvalue weighted by molar-refractivity contribution is 5.75. The Labute approximate surface area is 109 Å². The van der Waals surface area contributed by atoms with E-state index in [1.54, 1.807) is 0 Å². The van der Waals surface area contributed by atoms with Gasteiger partial charge in [-0.15, -0.1) is 0 Å². The van der Waals surface area contributed by atoms with E-state index in [2.05, 4.69) is 5.32 Å². The smallest absolute Gasteiger partial charge is 0.223 e. The highest BCUT2D eigenvalue weighted by atomic mass is 16.5. The molecule has 1 atom stereocenters. The standard InChI is InChI=1S/C14H22N2O2/c1-4-16-14(17)7-8-18-13-9-10(2)5-6-12(13)11(3)15/h5-6,9,11H,4,7-8,15H2,1-3H3,(H,16,17)/t11-/m0/s1. The molecule has 0 heterocycles. The van der Waals surface area contributed by atoms with Crippen LogP contribution in [0.25, 0.3) is 0 Å². The summed E-state index contributed by atoms with van der Waals surface area (Å²) in [4.78, 5) is 11.3. The van der Waals surface area contributed by atoms with Crippen molar-refractivity contribution >= 4 is 5.91 Å². The summed E-state index contributed by atoms with van der Waals surface area (Å²) >= 11 is 0. The molecule has 0 spiro atoms. The van der Waals surface area contributed by atoms with E-state index in [9.17, 15) is 4.79 Å². The second-order valence-corrected chi connectivity index (χ2v) is 4.38. The first-order chi connectivity index (χ1) is 8.54. The molecule has 0 radical (unpaired) electrons. The van der Waals surface area contributed by atoms with E-state index in [4.69, 9.17) is 10.5 Å². The fourth-order valence-corrected chi connectivity index (χ4v) is 1.68. The molecule has 0 aliphatic carbocycles. The molecule has 0 aromatic heterocycles. The minimum atomic E-state index is -0.0786. The fraction of sp³-hybridized carbons (Fsp3) is 0.500. The van der Waals surface area contributed by atoms with Gasteiger partial charge in [0.25, 0.3) is 0 Å². The molecule has 18 heavy (non-hydrogen) atoms. The van der Waals surface area contributed by atoms with Gasteiger partial charge < -0.3 is 15.8 Å². The first-order valence-corrected chi connectivity index (χ1v) is 6.30. The zero-order chi connectivity index (χ0) is 13.5. The van der Waals surface area contributed by atoms with Crippen LogP contribution in [0, 0.1) is 6.92 Å². The molecule has 100 valence electrons. The van der Waals surface area contributed by atoms with E-state index >= 15 is 0 Å². The Morgan fingerprint density at radius 2 is 2.22 bits per heavy atom. The third kappa shape index (κ3) is 4.37. The normalized spacial score (nSPS) is 12.0. The second-order valence-electron chi connectivity index (χ2n) is 4.38. The molecule has 0 aliphatic rings. The van der Waals surface area contributed by atoms with Crippen molar-refractivity contribution in [1.82, 2.24) is 5.32 Å². The number of ether oxygens (including phenoxy) is 1. The lowest BCUT2D eigenvalue weighted by Gasteiger charge is -2.14. The van der Waals surface area contributed by atoms with E-state index in [1.165, 1.54) is 0 Å². The van der Waals surface area contributed by atoms with Gasteiger partial charge in [-0.2, -0.15) is 0 Å². The molecule has 0 saturated heterocycles. The Bertz CT molecular complexity index is 403. The summed E-state index contributed by atoms with van der Waals surface area (Å²) in [6.45, 7) is 6.83. The highest BCUT2D eigenvalue weighted by Crippen LogP contribution is 2.25. The number of amides is 1. The van der Waals surface area contributed by atoms with Crippen molar-refractivity contribution in [3.63, 3.8) is 0 Å². The summed E-state index contributed by atoms with van der Waals surface area (Å²) < 4.78 is 5.66. The van der Waals surface area contributed by atoms with E-state index in [0.717, 1.165) is 16.9 Å². The molecular weight excluding hydrogens is 228 g/mol. The quantitative estimate of drug-likeness (QED) is 0.810. The molecule has 0 saturated carbocycles. The molecular formula is C14H22N2O2. The SMILES string of the molecule is CCNC(=O)CCOc1cc(C)ccc1[C@H](C)N. The molecule has 4 nitrogen and oxygen atoms in total. The lowest BCUT2D eigenvalue weighted by atomic mass is 10.1. The van der Waals surface area contributed by atoms with Crippen LogP contribution in [0.15, 0.2) is 18.2 Å². The van der Waals surface area contributed by atoms with Crippen molar-refractivity contribution < 1.29 is 9.53 Å². The van der Waals surface area contributed by atoms with Gasteiger partial charge in [0.1, 0.15) is 5.75 Å². The van der Waals surface area contributed by atoms with E-state index in [1.807, 2.05) is 39.0 Å². The van der Waals surface area contributed by atoms with Gasteiger partial charge in [-0.3, -0.25) is 4.79 Å².